The first-order valence-corrected chi connectivity index (χ1v) is 8.37. The Morgan fingerprint density at radius 2 is 1.95 bits per heavy atom. The number of nitrogens with one attached hydrogen (secondary N) is 1. The predicted molar refractivity (Wildman–Crippen MR) is 90.5 cm³/mol. The Morgan fingerprint density at radius 1 is 1.23 bits per heavy atom. The van der Waals surface area contributed by atoms with Gasteiger partial charge in [0.2, 0.25) is 0 Å². The van der Waals surface area contributed by atoms with Crippen LogP contribution < -0.4 is 5.48 Å². The van der Waals surface area contributed by atoms with E-state index in [-0.39, 0.29) is 17.9 Å². The van der Waals surface area contributed by atoms with Crippen LogP contribution in [0.4, 0.5) is 0 Å². The van der Waals surface area contributed by atoms with Crippen LogP contribution in [0.2, 0.25) is 0 Å². The molecule has 0 bridgehead atoms. The molecule has 0 fully saturated rings. The number of carbonyl (C=O) groups excluding carboxylic acids is 1. The highest BCUT2D eigenvalue weighted by molar-refractivity contribution is 5.74. The second kappa shape index (κ2) is 13.7. The summed E-state index contributed by atoms with van der Waals surface area (Å²) >= 11 is 0. The summed E-state index contributed by atoms with van der Waals surface area (Å²) in [6.45, 7) is 8.56. The standard InChI is InChI=1S/C17H34N2O3/c1-6-8-9-12-18-22-14-16(17(20)21-5)11-10-15(3)19(4)13-7-2/h10-11,15-16,18H,6-9,12-14H2,1-5H3. The topological polar surface area (TPSA) is 50.8 Å². The summed E-state index contributed by atoms with van der Waals surface area (Å²) in [6, 6.07) is 0.282. The van der Waals surface area contributed by atoms with Gasteiger partial charge in [-0.3, -0.25) is 4.79 Å². The van der Waals surface area contributed by atoms with Gasteiger partial charge in [0.05, 0.1) is 13.7 Å². The zero-order chi connectivity index (χ0) is 16.8. The van der Waals surface area contributed by atoms with E-state index in [2.05, 4.69) is 38.2 Å². The number of likely N-dealkylation sites (N-methyl/N-ethyl adjacent to an activating group) is 1. The van der Waals surface area contributed by atoms with Crippen molar-refractivity contribution in [2.45, 2.75) is 52.5 Å². The van der Waals surface area contributed by atoms with Gasteiger partial charge in [-0.15, -0.1) is 0 Å². The van der Waals surface area contributed by atoms with E-state index in [0.717, 1.165) is 25.9 Å². The van der Waals surface area contributed by atoms with Gasteiger partial charge in [0.25, 0.3) is 0 Å². The van der Waals surface area contributed by atoms with E-state index in [4.69, 9.17) is 9.57 Å². The molecule has 0 heterocycles. The summed E-state index contributed by atoms with van der Waals surface area (Å²) in [4.78, 5) is 19.4. The van der Waals surface area contributed by atoms with Crippen molar-refractivity contribution in [3.63, 3.8) is 0 Å². The van der Waals surface area contributed by atoms with Crippen LogP contribution in [0.25, 0.3) is 0 Å². The summed E-state index contributed by atoms with van der Waals surface area (Å²) in [6.07, 6.45) is 8.47. The van der Waals surface area contributed by atoms with E-state index in [1.807, 2.05) is 12.2 Å². The molecule has 0 aliphatic rings. The zero-order valence-corrected chi connectivity index (χ0v) is 14.9. The molecule has 0 amide bonds. The fourth-order valence-electron chi connectivity index (χ4n) is 2.02. The number of hydrogen-bond acceptors (Lipinski definition) is 5. The van der Waals surface area contributed by atoms with Crippen LogP contribution >= 0.6 is 0 Å². The van der Waals surface area contributed by atoms with Gasteiger partial charge in [0.15, 0.2) is 0 Å². The van der Waals surface area contributed by atoms with Crippen LogP contribution in [0.1, 0.15) is 46.5 Å². The first-order valence-electron chi connectivity index (χ1n) is 8.37. The third-order valence-electron chi connectivity index (χ3n) is 3.64. The van der Waals surface area contributed by atoms with Crippen molar-refractivity contribution < 1.29 is 14.4 Å². The third-order valence-corrected chi connectivity index (χ3v) is 3.64. The van der Waals surface area contributed by atoms with Crippen LogP contribution in [0.3, 0.4) is 0 Å². The Labute approximate surface area is 136 Å². The lowest BCUT2D eigenvalue weighted by atomic mass is 10.1. The van der Waals surface area contributed by atoms with Crippen LogP contribution in [-0.2, 0) is 14.4 Å². The SMILES string of the molecule is CCCCCNOCC(C=CC(C)N(C)CCC)C(=O)OC. The molecule has 0 aromatic heterocycles. The molecule has 1 N–H and O–H groups in total. The molecule has 130 valence electrons. The van der Waals surface area contributed by atoms with Gasteiger partial charge in [0, 0.05) is 12.6 Å². The molecule has 22 heavy (non-hydrogen) atoms. The van der Waals surface area contributed by atoms with Gasteiger partial charge >= 0.3 is 5.97 Å². The Kier molecular flexibility index (Phi) is 13.2. The minimum Gasteiger partial charge on any atom is -0.468 e. The maximum absolute atomic E-state index is 11.8. The van der Waals surface area contributed by atoms with Crippen LogP contribution in [0.15, 0.2) is 12.2 Å². The Morgan fingerprint density at radius 3 is 2.55 bits per heavy atom. The lowest BCUT2D eigenvalue weighted by Crippen LogP contribution is -2.29. The van der Waals surface area contributed by atoms with Crippen molar-refractivity contribution in [2.24, 2.45) is 5.92 Å². The number of carbonyl (C=O) groups is 1. The van der Waals surface area contributed by atoms with Crippen molar-refractivity contribution in [3.05, 3.63) is 12.2 Å². The molecule has 0 aromatic carbocycles. The first kappa shape index (κ1) is 21.1. The largest absolute Gasteiger partial charge is 0.468 e. The second-order valence-electron chi connectivity index (χ2n) is 5.65. The molecular weight excluding hydrogens is 280 g/mol. The van der Waals surface area contributed by atoms with Gasteiger partial charge in [-0.05, 0) is 33.4 Å². The van der Waals surface area contributed by atoms with Gasteiger partial charge in [-0.1, -0.05) is 38.8 Å². The van der Waals surface area contributed by atoms with E-state index in [0.29, 0.717) is 6.61 Å². The predicted octanol–water partition coefficient (Wildman–Crippen LogP) is 2.77. The van der Waals surface area contributed by atoms with Gasteiger partial charge in [0.1, 0.15) is 5.92 Å². The summed E-state index contributed by atoms with van der Waals surface area (Å²) in [5.74, 6) is -0.641. The molecule has 0 aromatic rings. The number of methoxy groups -OCH3 is 1. The summed E-state index contributed by atoms with van der Waals surface area (Å²) in [5, 5.41) is 0. The highest BCUT2D eigenvalue weighted by atomic mass is 16.6. The number of rotatable bonds is 13. The molecule has 2 unspecified atom stereocenters. The minimum atomic E-state index is -0.374. The molecule has 0 rings (SSSR count). The smallest absolute Gasteiger partial charge is 0.314 e. The second-order valence-corrected chi connectivity index (χ2v) is 5.65. The average molecular weight is 314 g/mol. The average Bonchev–Trinajstić information content (AvgIpc) is 2.52. The lowest BCUT2D eigenvalue weighted by Gasteiger charge is -2.21. The lowest BCUT2D eigenvalue weighted by molar-refractivity contribution is -0.146. The van der Waals surface area contributed by atoms with E-state index in [1.54, 1.807) is 0 Å². The zero-order valence-electron chi connectivity index (χ0n) is 14.9. The van der Waals surface area contributed by atoms with Crippen molar-refractivity contribution in [2.75, 3.05) is 33.9 Å². The van der Waals surface area contributed by atoms with Gasteiger partial charge in [-0.25, -0.2) is 5.48 Å². The number of hydrogen-bond donors (Lipinski definition) is 1. The summed E-state index contributed by atoms with van der Waals surface area (Å²) in [5.41, 5.74) is 2.91. The fraction of sp³-hybridized carbons (Fsp3) is 0.824. The molecule has 0 radical (unpaired) electrons. The fourth-order valence-corrected chi connectivity index (χ4v) is 2.02. The summed E-state index contributed by atoms with van der Waals surface area (Å²) in [7, 11) is 3.49. The normalized spacial score (nSPS) is 14.5. The van der Waals surface area contributed by atoms with Crippen LogP contribution in [0, 0.1) is 5.92 Å². The minimum absolute atomic E-state index is 0.267. The van der Waals surface area contributed by atoms with E-state index in [9.17, 15) is 4.79 Å². The number of esters is 1. The monoisotopic (exact) mass is 314 g/mol. The van der Waals surface area contributed by atoms with Crippen LogP contribution in [-0.4, -0.2) is 50.8 Å². The Hall–Kier alpha value is -0.910. The molecule has 2 atom stereocenters. The number of nitrogens with zero attached hydrogens (tertiary/aromatic N) is 1. The van der Waals surface area contributed by atoms with E-state index < -0.39 is 0 Å². The van der Waals surface area contributed by atoms with Crippen molar-refractivity contribution in [3.8, 4) is 0 Å². The molecule has 0 aliphatic heterocycles. The Bertz CT molecular complexity index is 308. The first-order chi connectivity index (χ1) is 10.6. The molecule has 0 saturated carbocycles. The van der Waals surface area contributed by atoms with E-state index >= 15 is 0 Å². The van der Waals surface area contributed by atoms with Crippen LogP contribution in [0.5, 0.6) is 0 Å². The Balaban J connectivity index is 4.25. The molecule has 5 heteroatoms. The number of hydroxylamine groups is 1. The molecule has 0 saturated heterocycles. The highest BCUT2D eigenvalue weighted by Crippen LogP contribution is 2.06. The van der Waals surface area contributed by atoms with Gasteiger partial charge < -0.3 is 14.5 Å². The maximum atomic E-state index is 11.8. The van der Waals surface area contributed by atoms with Crippen molar-refractivity contribution >= 4 is 5.97 Å². The molecule has 0 aliphatic carbocycles. The number of ether oxygens (including phenoxy) is 1. The number of unbranched alkanes of at least 4 members (excludes halogenated alkanes) is 2. The van der Waals surface area contributed by atoms with Crippen molar-refractivity contribution in [1.29, 1.82) is 0 Å². The molecular formula is C17H34N2O3. The molecule has 0 spiro atoms. The van der Waals surface area contributed by atoms with Gasteiger partial charge in [-0.2, -0.15) is 0 Å². The quantitative estimate of drug-likeness (QED) is 0.245. The summed E-state index contributed by atoms with van der Waals surface area (Å²) < 4.78 is 4.84. The van der Waals surface area contributed by atoms with E-state index in [1.165, 1.54) is 20.0 Å². The maximum Gasteiger partial charge on any atom is 0.314 e. The molecule has 5 nitrogen and oxygen atoms in total. The highest BCUT2D eigenvalue weighted by Gasteiger charge is 2.17. The van der Waals surface area contributed by atoms with Crippen molar-refractivity contribution in [1.82, 2.24) is 10.4 Å². The third kappa shape index (κ3) is 9.92.